The Balaban J connectivity index is 0.000000891. The lowest BCUT2D eigenvalue weighted by molar-refractivity contribution is -0.121. The maximum absolute atomic E-state index is 11.9. The van der Waals surface area contributed by atoms with Gasteiger partial charge >= 0.3 is 0 Å². The van der Waals surface area contributed by atoms with Crippen LogP contribution in [0.15, 0.2) is 30.8 Å². The zero-order chi connectivity index (χ0) is 18.1. The van der Waals surface area contributed by atoms with E-state index in [4.69, 9.17) is 0 Å². The van der Waals surface area contributed by atoms with Crippen molar-refractivity contribution in [3.63, 3.8) is 0 Å². The van der Waals surface area contributed by atoms with Crippen LogP contribution < -0.4 is 15.5 Å². The Hall–Kier alpha value is -1.79. The molecular formula is C18H27N3O2S. The van der Waals surface area contributed by atoms with Crippen LogP contribution in [0.2, 0.25) is 0 Å². The summed E-state index contributed by atoms with van der Waals surface area (Å²) < 4.78 is 0. The van der Waals surface area contributed by atoms with E-state index in [0.29, 0.717) is 5.69 Å². The molecule has 1 aromatic rings. The summed E-state index contributed by atoms with van der Waals surface area (Å²) in [7, 11) is 1.89. The number of nitrogens with one attached hydrogen (secondary N) is 2. The summed E-state index contributed by atoms with van der Waals surface area (Å²) in [6.45, 7) is 9.84. The molecule has 1 saturated heterocycles. The van der Waals surface area contributed by atoms with E-state index in [1.807, 2.05) is 19.2 Å². The average Bonchev–Trinajstić information content (AvgIpc) is 2.81. The maximum atomic E-state index is 11.9. The Morgan fingerprint density at radius 1 is 1.25 bits per heavy atom. The highest BCUT2D eigenvalue weighted by Crippen LogP contribution is 2.26. The van der Waals surface area contributed by atoms with E-state index in [1.165, 1.54) is 11.3 Å². The molecule has 0 aliphatic carbocycles. The molecule has 0 radical (unpaired) electrons. The third kappa shape index (κ3) is 5.39. The first-order valence-electron chi connectivity index (χ1n) is 8.18. The van der Waals surface area contributed by atoms with Crippen molar-refractivity contribution >= 4 is 35.8 Å². The number of rotatable bonds is 6. The number of thiol groups is 1. The second-order valence-corrected chi connectivity index (χ2v) is 6.17. The van der Waals surface area contributed by atoms with Crippen LogP contribution in [0.3, 0.4) is 0 Å². The highest BCUT2D eigenvalue weighted by molar-refractivity contribution is 7.82. The van der Waals surface area contributed by atoms with Gasteiger partial charge in [-0.05, 0) is 24.7 Å². The number of amides is 2. The molecule has 2 N–H and O–H groups in total. The number of hydrogen-bond acceptors (Lipinski definition) is 5. The van der Waals surface area contributed by atoms with Gasteiger partial charge in [-0.1, -0.05) is 39.0 Å². The Kier molecular flexibility index (Phi) is 8.57. The van der Waals surface area contributed by atoms with Gasteiger partial charge in [-0.3, -0.25) is 9.59 Å². The molecule has 0 aromatic heterocycles. The van der Waals surface area contributed by atoms with Gasteiger partial charge in [0.15, 0.2) is 0 Å². The number of benzene rings is 1. The SMILES string of the molecule is C=C(NCCNC)c1ccc(N2C(=O)CC(S)C2=O)cc1.CCC. The highest BCUT2D eigenvalue weighted by atomic mass is 32.1. The fourth-order valence-corrected chi connectivity index (χ4v) is 2.41. The van der Waals surface area contributed by atoms with Crippen molar-refractivity contribution in [3.8, 4) is 0 Å². The Bertz CT molecular complexity index is 572. The van der Waals surface area contributed by atoms with E-state index in [0.717, 1.165) is 24.4 Å². The number of hydrogen-bond donors (Lipinski definition) is 3. The number of nitrogens with zero attached hydrogens (tertiary/aromatic N) is 1. The minimum absolute atomic E-state index is 0.155. The standard InChI is InChI=1S/C15H19N3O2S.C3H8/c1-10(17-8-7-16-2)11-3-5-12(6-4-11)18-14(19)9-13(21)15(18)20;1-3-2/h3-6,13,16-17,21H,1,7-9H2,2H3;3H2,1-2H3. The predicted octanol–water partition coefficient (Wildman–Crippen LogP) is 2.44. The van der Waals surface area contributed by atoms with E-state index in [-0.39, 0.29) is 18.2 Å². The normalized spacial score (nSPS) is 16.7. The molecule has 6 heteroatoms. The zero-order valence-electron chi connectivity index (χ0n) is 14.6. The molecule has 0 spiro atoms. The molecule has 1 aliphatic rings. The quantitative estimate of drug-likeness (QED) is 0.419. The molecule has 0 bridgehead atoms. The summed E-state index contributed by atoms with van der Waals surface area (Å²) in [5, 5.41) is 5.71. The number of imide groups is 1. The summed E-state index contributed by atoms with van der Waals surface area (Å²) in [4.78, 5) is 24.9. The number of anilines is 1. The smallest absolute Gasteiger partial charge is 0.247 e. The average molecular weight is 350 g/mol. The third-order valence-corrected chi connectivity index (χ3v) is 3.71. The molecule has 1 fully saturated rings. The van der Waals surface area contributed by atoms with Gasteiger partial charge in [-0.25, -0.2) is 4.90 Å². The topological polar surface area (TPSA) is 61.4 Å². The van der Waals surface area contributed by atoms with Crippen molar-refractivity contribution in [1.82, 2.24) is 10.6 Å². The molecule has 24 heavy (non-hydrogen) atoms. The molecule has 1 aliphatic heterocycles. The number of carbonyl (C=O) groups is 2. The maximum Gasteiger partial charge on any atom is 0.247 e. The molecule has 132 valence electrons. The van der Waals surface area contributed by atoms with E-state index >= 15 is 0 Å². The Labute approximate surface area is 149 Å². The van der Waals surface area contributed by atoms with Crippen molar-refractivity contribution < 1.29 is 9.59 Å². The fourth-order valence-electron chi connectivity index (χ4n) is 2.14. The van der Waals surface area contributed by atoms with Crippen LogP contribution in [0.5, 0.6) is 0 Å². The molecule has 1 unspecified atom stereocenters. The molecule has 5 nitrogen and oxygen atoms in total. The lowest BCUT2D eigenvalue weighted by atomic mass is 10.1. The van der Waals surface area contributed by atoms with Gasteiger partial charge in [0.1, 0.15) is 0 Å². The minimum atomic E-state index is -0.532. The van der Waals surface area contributed by atoms with Crippen molar-refractivity contribution in [2.75, 3.05) is 25.0 Å². The van der Waals surface area contributed by atoms with E-state index in [9.17, 15) is 9.59 Å². The lowest BCUT2D eigenvalue weighted by Gasteiger charge is -2.15. The highest BCUT2D eigenvalue weighted by Gasteiger charge is 2.37. The van der Waals surface area contributed by atoms with Crippen LogP contribution in [0.4, 0.5) is 5.69 Å². The van der Waals surface area contributed by atoms with Gasteiger partial charge in [0, 0.05) is 25.2 Å². The second-order valence-electron chi connectivity index (χ2n) is 5.55. The van der Waals surface area contributed by atoms with Crippen LogP contribution in [0, 0.1) is 0 Å². The van der Waals surface area contributed by atoms with E-state index in [1.54, 1.807) is 12.1 Å². The van der Waals surface area contributed by atoms with Gasteiger partial charge in [0.2, 0.25) is 11.8 Å². The molecule has 1 atom stereocenters. The predicted molar refractivity (Wildman–Crippen MR) is 103 cm³/mol. The number of likely N-dealkylation sites (N-methyl/N-ethyl adjacent to an activating group) is 1. The van der Waals surface area contributed by atoms with Gasteiger partial charge in [-0.15, -0.1) is 0 Å². The number of carbonyl (C=O) groups excluding carboxylic acids is 2. The van der Waals surface area contributed by atoms with Crippen LogP contribution in [-0.2, 0) is 9.59 Å². The van der Waals surface area contributed by atoms with Crippen LogP contribution >= 0.6 is 12.6 Å². The van der Waals surface area contributed by atoms with E-state index < -0.39 is 5.25 Å². The Morgan fingerprint density at radius 2 is 1.83 bits per heavy atom. The monoisotopic (exact) mass is 349 g/mol. The van der Waals surface area contributed by atoms with Gasteiger partial charge in [0.05, 0.1) is 10.9 Å². The summed E-state index contributed by atoms with van der Waals surface area (Å²) in [6, 6.07) is 7.19. The first kappa shape index (κ1) is 20.3. The van der Waals surface area contributed by atoms with Crippen LogP contribution in [0.1, 0.15) is 32.3 Å². The summed E-state index contributed by atoms with van der Waals surface area (Å²) in [6.07, 6.45) is 1.40. The van der Waals surface area contributed by atoms with Crippen LogP contribution in [0.25, 0.3) is 5.70 Å². The van der Waals surface area contributed by atoms with Crippen molar-refractivity contribution in [2.24, 2.45) is 0 Å². The molecular weight excluding hydrogens is 322 g/mol. The first-order valence-corrected chi connectivity index (χ1v) is 8.70. The molecule has 2 amide bonds. The summed E-state index contributed by atoms with van der Waals surface area (Å²) in [5.41, 5.74) is 2.31. The van der Waals surface area contributed by atoms with Crippen molar-refractivity contribution in [1.29, 1.82) is 0 Å². The molecule has 0 saturated carbocycles. The third-order valence-electron chi connectivity index (χ3n) is 3.31. The van der Waals surface area contributed by atoms with Crippen LogP contribution in [-0.4, -0.2) is 37.2 Å². The molecule has 1 aromatic carbocycles. The first-order chi connectivity index (χ1) is 11.5. The van der Waals surface area contributed by atoms with Gasteiger partial charge < -0.3 is 10.6 Å². The minimum Gasteiger partial charge on any atom is -0.384 e. The summed E-state index contributed by atoms with van der Waals surface area (Å²) in [5.74, 6) is -0.472. The Morgan fingerprint density at radius 3 is 2.29 bits per heavy atom. The zero-order valence-corrected chi connectivity index (χ0v) is 15.5. The molecule has 2 rings (SSSR count). The summed E-state index contributed by atoms with van der Waals surface area (Å²) >= 11 is 4.11. The second kappa shape index (κ2) is 10.2. The van der Waals surface area contributed by atoms with Gasteiger partial charge in [-0.2, -0.15) is 12.6 Å². The molecule has 1 heterocycles. The largest absolute Gasteiger partial charge is 0.384 e. The fraction of sp³-hybridized carbons (Fsp3) is 0.444. The van der Waals surface area contributed by atoms with Crippen molar-refractivity contribution in [3.05, 3.63) is 36.4 Å². The van der Waals surface area contributed by atoms with Gasteiger partial charge in [0.25, 0.3) is 0 Å². The van der Waals surface area contributed by atoms with E-state index in [2.05, 4.69) is 43.7 Å². The van der Waals surface area contributed by atoms with Crippen molar-refractivity contribution in [2.45, 2.75) is 31.9 Å². The lowest BCUT2D eigenvalue weighted by Crippen LogP contribution is -2.30.